The van der Waals surface area contributed by atoms with Crippen molar-refractivity contribution in [1.29, 1.82) is 0 Å². The molecule has 0 saturated carbocycles. The predicted octanol–water partition coefficient (Wildman–Crippen LogP) is 1.18. The summed E-state index contributed by atoms with van der Waals surface area (Å²) in [5.41, 5.74) is 3.96. The zero-order valence-corrected chi connectivity index (χ0v) is 8.36. The van der Waals surface area contributed by atoms with Crippen LogP contribution in [0.15, 0.2) is 6.07 Å². The van der Waals surface area contributed by atoms with Crippen LogP contribution in [0.2, 0.25) is 0 Å². The van der Waals surface area contributed by atoms with Crippen molar-refractivity contribution >= 4 is 25.9 Å². The molecule has 0 aromatic carbocycles. The highest BCUT2D eigenvalue weighted by Crippen LogP contribution is 2.06. The normalized spacial score (nSPS) is 10.2. The first-order valence-electron chi connectivity index (χ1n) is 4.04. The van der Waals surface area contributed by atoms with Crippen LogP contribution < -0.4 is 5.46 Å². The molecule has 12 heavy (non-hydrogen) atoms. The average molecular weight is 177 g/mol. The van der Waals surface area contributed by atoms with Crippen LogP contribution in [0.3, 0.4) is 0 Å². The van der Waals surface area contributed by atoms with Crippen molar-refractivity contribution in [2.45, 2.75) is 26.0 Å². The predicted molar refractivity (Wildman–Crippen MR) is 56.4 cm³/mol. The Bertz CT molecular complexity index is 286. The molecule has 0 atom stereocenters. The third kappa shape index (κ3) is 1.83. The van der Waals surface area contributed by atoms with E-state index in [0.29, 0.717) is 5.75 Å². The number of hydrogen-bond donors (Lipinski definition) is 1. The van der Waals surface area contributed by atoms with E-state index in [1.165, 1.54) is 0 Å². The van der Waals surface area contributed by atoms with Crippen LogP contribution in [0.1, 0.15) is 23.9 Å². The molecule has 0 spiro atoms. The van der Waals surface area contributed by atoms with Gasteiger partial charge in [0.05, 0.1) is 0 Å². The van der Waals surface area contributed by atoms with Gasteiger partial charge in [-0.25, -0.2) is 0 Å². The number of aryl methyl sites for hydroxylation is 1. The molecule has 0 bridgehead atoms. The summed E-state index contributed by atoms with van der Waals surface area (Å²) >= 11 is 4.16. The maximum absolute atomic E-state index is 5.80. The summed E-state index contributed by atoms with van der Waals surface area (Å²) in [4.78, 5) is 4.41. The number of thiol groups is 1. The summed E-state index contributed by atoms with van der Waals surface area (Å²) in [6.07, 6.45) is 0.928. The third-order valence-electron chi connectivity index (χ3n) is 1.96. The number of hydrogen-bond acceptors (Lipinski definition) is 2. The van der Waals surface area contributed by atoms with Gasteiger partial charge in [-0.2, -0.15) is 12.6 Å². The molecule has 1 aromatic heterocycles. The first kappa shape index (κ1) is 9.65. The largest absolute Gasteiger partial charge is 0.257 e. The first-order valence-corrected chi connectivity index (χ1v) is 4.68. The van der Waals surface area contributed by atoms with Gasteiger partial charge in [0.2, 0.25) is 0 Å². The van der Waals surface area contributed by atoms with Crippen LogP contribution in [0.5, 0.6) is 0 Å². The number of aromatic nitrogens is 1. The lowest BCUT2D eigenvalue weighted by Crippen LogP contribution is -2.13. The average Bonchev–Trinajstić information content (AvgIpc) is 2.09. The van der Waals surface area contributed by atoms with Crippen molar-refractivity contribution < 1.29 is 0 Å². The van der Waals surface area contributed by atoms with E-state index in [2.05, 4.69) is 24.5 Å². The van der Waals surface area contributed by atoms with E-state index < -0.39 is 0 Å². The topological polar surface area (TPSA) is 12.9 Å². The maximum atomic E-state index is 5.80. The van der Waals surface area contributed by atoms with E-state index in [9.17, 15) is 0 Å². The molecule has 0 amide bonds. The lowest BCUT2D eigenvalue weighted by molar-refractivity contribution is 0.984. The lowest BCUT2D eigenvalue weighted by Gasteiger charge is -2.08. The summed E-state index contributed by atoms with van der Waals surface area (Å²) in [6.45, 7) is 4.08. The van der Waals surface area contributed by atoms with Crippen molar-refractivity contribution in [2.24, 2.45) is 0 Å². The number of nitrogens with zero attached hydrogens (tertiary/aromatic N) is 1. The summed E-state index contributed by atoms with van der Waals surface area (Å²) in [7, 11) is 5.80. The highest BCUT2D eigenvalue weighted by molar-refractivity contribution is 7.79. The summed E-state index contributed by atoms with van der Waals surface area (Å²) in [5, 5.41) is 0. The van der Waals surface area contributed by atoms with Crippen molar-refractivity contribution in [3.8, 4) is 0 Å². The fourth-order valence-electron chi connectivity index (χ4n) is 1.17. The second-order valence-electron chi connectivity index (χ2n) is 2.79. The van der Waals surface area contributed by atoms with Gasteiger partial charge in [0.15, 0.2) is 0 Å². The zero-order chi connectivity index (χ0) is 9.14. The molecule has 0 aliphatic heterocycles. The lowest BCUT2D eigenvalue weighted by atomic mass is 9.90. The van der Waals surface area contributed by atoms with Crippen LogP contribution in [-0.2, 0) is 12.2 Å². The standard InChI is InChI=1S/C9H12BNS/c1-3-9-6(2)8(10)4-7(5-12)11-9/h4,12H,3,5H2,1-2H3. The minimum Gasteiger partial charge on any atom is -0.257 e. The smallest absolute Gasteiger partial charge is 0.114 e. The zero-order valence-electron chi connectivity index (χ0n) is 7.46. The Morgan fingerprint density at radius 3 is 2.75 bits per heavy atom. The quantitative estimate of drug-likeness (QED) is 0.528. The van der Waals surface area contributed by atoms with Gasteiger partial charge in [0.25, 0.3) is 0 Å². The minimum atomic E-state index is 0.650. The Balaban J connectivity index is 3.19. The molecule has 1 rings (SSSR count). The Hall–Kier alpha value is -0.435. The van der Waals surface area contributed by atoms with Gasteiger partial charge >= 0.3 is 0 Å². The monoisotopic (exact) mass is 177 g/mol. The van der Waals surface area contributed by atoms with Crippen molar-refractivity contribution in [2.75, 3.05) is 0 Å². The molecule has 2 radical (unpaired) electrons. The Labute approximate surface area is 80.4 Å². The van der Waals surface area contributed by atoms with E-state index in [1.54, 1.807) is 0 Å². The Kier molecular flexibility index (Phi) is 3.21. The minimum absolute atomic E-state index is 0.650. The Morgan fingerprint density at radius 1 is 1.58 bits per heavy atom. The highest BCUT2D eigenvalue weighted by atomic mass is 32.1. The molecular weight excluding hydrogens is 165 g/mol. The van der Waals surface area contributed by atoms with Crippen LogP contribution in [0.4, 0.5) is 0 Å². The van der Waals surface area contributed by atoms with Crippen molar-refractivity contribution in [1.82, 2.24) is 4.98 Å². The molecule has 0 fully saturated rings. The summed E-state index contributed by atoms with van der Waals surface area (Å²) < 4.78 is 0. The van der Waals surface area contributed by atoms with E-state index in [1.807, 2.05) is 13.0 Å². The molecule has 0 saturated heterocycles. The molecule has 1 nitrogen and oxygen atoms in total. The van der Waals surface area contributed by atoms with E-state index in [0.717, 1.165) is 28.8 Å². The van der Waals surface area contributed by atoms with Gasteiger partial charge in [-0.1, -0.05) is 12.4 Å². The van der Waals surface area contributed by atoms with Gasteiger partial charge in [0, 0.05) is 17.1 Å². The van der Waals surface area contributed by atoms with Crippen LogP contribution in [0.25, 0.3) is 0 Å². The van der Waals surface area contributed by atoms with Gasteiger partial charge in [0.1, 0.15) is 7.85 Å². The summed E-state index contributed by atoms with van der Waals surface area (Å²) in [6, 6.07) is 1.89. The molecular formula is C9H12BNS. The van der Waals surface area contributed by atoms with Gasteiger partial charge in [-0.3, -0.25) is 4.98 Å². The SMILES string of the molecule is [B]c1cc(CS)nc(CC)c1C. The van der Waals surface area contributed by atoms with Crippen molar-refractivity contribution in [3.05, 3.63) is 23.0 Å². The number of pyridine rings is 1. The molecule has 62 valence electrons. The van der Waals surface area contributed by atoms with Gasteiger partial charge < -0.3 is 0 Å². The first-order chi connectivity index (χ1) is 5.69. The molecule has 3 heteroatoms. The highest BCUT2D eigenvalue weighted by Gasteiger charge is 2.02. The van der Waals surface area contributed by atoms with Crippen molar-refractivity contribution in [3.63, 3.8) is 0 Å². The van der Waals surface area contributed by atoms with E-state index in [4.69, 9.17) is 7.85 Å². The Morgan fingerprint density at radius 2 is 2.25 bits per heavy atom. The van der Waals surface area contributed by atoms with Gasteiger partial charge in [-0.15, -0.1) is 0 Å². The molecule has 0 unspecified atom stereocenters. The van der Waals surface area contributed by atoms with E-state index >= 15 is 0 Å². The summed E-state index contributed by atoms with van der Waals surface area (Å²) in [5.74, 6) is 0.650. The van der Waals surface area contributed by atoms with Crippen LogP contribution in [0, 0.1) is 6.92 Å². The second-order valence-corrected chi connectivity index (χ2v) is 3.10. The molecule has 0 aliphatic carbocycles. The van der Waals surface area contributed by atoms with Crippen LogP contribution >= 0.6 is 12.6 Å². The van der Waals surface area contributed by atoms with E-state index in [-0.39, 0.29) is 0 Å². The molecule has 0 aliphatic rings. The molecule has 0 N–H and O–H groups in total. The van der Waals surface area contributed by atoms with Gasteiger partial charge in [-0.05, 0) is 25.0 Å². The fourth-order valence-corrected chi connectivity index (χ4v) is 1.33. The van der Waals surface area contributed by atoms with Crippen LogP contribution in [-0.4, -0.2) is 12.8 Å². The molecule has 1 aromatic rings. The fraction of sp³-hybridized carbons (Fsp3) is 0.444. The molecule has 1 heterocycles. The third-order valence-corrected chi connectivity index (χ3v) is 2.29. The second kappa shape index (κ2) is 3.99. The maximum Gasteiger partial charge on any atom is 0.114 e. The number of rotatable bonds is 2.